The molecule has 10 heteroatoms. The van der Waals surface area contributed by atoms with Gasteiger partial charge >= 0.3 is 0 Å². The summed E-state index contributed by atoms with van der Waals surface area (Å²) in [5.74, 6) is 0. The van der Waals surface area contributed by atoms with E-state index in [2.05, 4.69) is 0 Å². The van der Waals surface area contributed by atoms with Crippen LogP contribution in [0, 0.1) is 0 Å². The van der Waals surface area contributed by atoms with Gasteiger partial charge in [-0.3, -0.25) is 0 Å². The van der Waals surface area contributed by atoms with Crippen molar-refractivity contribution in [1.29, 1.82) is 0 Å². The van der Waals surface area contributed by atoms with Crippen LogP contribution in [0.2, 0.25) is 0 Å². The standard InChI is InChI=1S/C37H48O10/c1-38-24-30-33(40-3)29(39-2)20-32(46-30)42-25-31-34(43-21-26-14-8-5-9-15-26)35(44-22-27-16-10-6-11-17-27)36(37(41-4)47-31)45-23-28-18-12-7-13-19-28/h5-19,29-37H,20-25H2,1-4H3/t29-,30-,31-,32-,33+,34-,35+,36-,37+/m1/s1. The molecule has 0 spiro atoms. The van der Waals surface area contributed by atoms with Gasteiger partial charge in [-0.05, 0) is 16.7 Å². The second-order valence-electron chi connectivity index (χ2n) is 11.7. The maximum Gasteiger partial charge on any atom is 0.186 e. The van der Waals surface area contributed by atoms with Gasteiger partial charge < -0.3 is 47.4 Å². The molecule has 10 nitrogen and oxygen atoms in total. The number of hydrogen-bond acceptors (Lipinski definition) is 10. The van der Waals surface area contributed by atoms with E-state index in [9.17, 15) is 0 Å². The summed E-state index contributed by atoms with van der Waals surface area (Å²) in [5, 5.41) is 0. The molecule has 2 fully saturated rings. The molecule has 0 aliphatic carbocycles. The minimum Gasteiger partial charge on any atom is -0.382 e. The zero-order chi connectivity index (χ0) is 32.8. The number of ether oxygens (including phenoxy) is 10. The zero-order valence-electron chi connectivity index (χ0n) is 27.7. The minimum atomic E-state index is -0.747. The number of benzene rings is 3. The maximum atomic E-state index is 6.69. The van der Waals surface area contributed by atoms with Crippen LogP contribution in [0.15, 0.2) is 91.0 Å². The third-order valence-corrected chi connectivity index (χ3v) is 8.52. The lowest BCUT2D eigenvalue weighted by Crippen LogP contribution is -2.62. The van der Waals surface area contributed by atoms with Crippen molar-refractivity contribution < 1.29 is 47.4 Å². The van der Waals surface area contributed by atoms with Gasteiger partial charge in [-0.1, -0.05) is 91.0 Å². The van der Waals surface area contributed by atoms with Gasteiger partial charge in [-0.15, -0.1) is 0 Å². The molecule has 0 aromatic heterocycles. The molecule has 3 aromatic rings. The Hall–Kier alpha value is -2.74. The molecule has 5 rings (SSSR count). The maximum absolute atomic E-state index is 6.69. The highest BCUT2D eigenvalue weighted by atomic mass is 16.7. The van der Waals surface area contributed by atoms with Crippen molar-refractivity contribution >= 4 is 0 Å². The van der Waals surface area contributed by atoms with Gasteiger partial charge in [-0.2, -0.15) is 0 Å². The van der Waals surface area contributed by atoms with Gasteiger partial charge in [0.05, 0.1) is 39.1 Å². The summed E-state index contributed by atoms with van der Waals surface area (Å²) in [5.41, 5.74) is 3.08. The SMILES string of the molecule is COC[C@H]1O[C@@H](OC[C@H]2O[C@H](OC)[C@H](OCc3ccccc3)[C@@H](OCc3ccccc3)[C@@H]2OCc2ccccc2)C[C@@H](OC)[C@@H]1OC. The van der Waals surface area contributed by atoms with E-state index in [1.807, 2.05) is 91.0 Å². The normalized spacial score (nSPS) is 29.5. The molecule has 0 saturated carbocycles. The summed E-state index contributed by atoms with van der Waals surface area (Å²) in [6.07, 6.45) is -4.06. The van der Waals surface area contributed by atoms with Gasteiger partial charge in [0.25, 0.3) is 0 Å². The highest BCUT2D eigenvalue weighted by Crippen LogP contribution is 2.32. The molecule has 0 amide bonds. The fourth-order valence-corrected chi connectivity index (χ4v) is 6.10. The Morgan fingerprint density at radius 2 is 1.02 bits per heavy atom. The second kappa shape index (κ2) is 18.7. The first kappa shape index (κ1) is 35.6. The Morgan fingerprint density at radius 3 is 1.51 bits per heavy atom. The number of hydrogen-bond donors (Lipinski definition) is 0. The molecular formula is C37H48O10. The molecule has 47 heavy (non-hydrogen) atoms. The smallest absolute Gasteiger partial charge is 0.186 e. The van der Waals surface area contributed by atoms with E-state index in [1.165, 1.54) is 0 Å². The van der Waals surface area contributed by atoms with Crippen LogP contribution in [-0.2, 0) is 67.2 Å². The average Bonchev–Trinajstić information content (AvgIpc) is 3.12. The van der Waals surface area contributed by atoms with Crippen LogP contribution >= 0.6 is 0 Å². The quantitative estimate of drug-likeness (QED) is 0.200. The van der Waals surface area contributed by atoms with Crippen LogP contribution in [0.1, 0.15) is 23.1 Å². The fourth-order valence-electron chi connectivity index (χ4n) is 6.10. The molecule has 0 radical (unpaired) electrons. The Morgan fingerprint density at radius 1 is 0.511 bits per heavy atom. The molecule has 256 valence electrons. The van der Waals surface area contributed by atoms with Crippen molar-refractivity contribution in [3.8, 4) is 0 Å². The van der Waals surface area contributed by atoms with Crippen LogP contribution in [-0.4, -0.2) is 97.0 Å². The third kappa shape index (κ3) is 9.90. The summed E-state index contributed by atoms with van der Waals surface area (Å²) in [7, 11) is 6.54. The molecule has 0 N–H and O–H groups in total. The Balaban J connectivity index is 1.39. The molecule has 0 bridgehead atoms. The molecule has 2 heterocycles. The highest BCUT2D eigenvalue weighted by molar-refractivity contribution is 5.15. The molecule has 3 aromatic carbocycles. The average molecular weight is 653 g/mol. The lowest BCUT2D eigenvalue weighted by atomic mass is 9.97. The monoisotopic (exact) mass is 652 g/mol. The Bertz CT molecular complexity index is 1270. The number of rotatable bonds is 17. The summed E-state index contributed by atoms with van der Waals surface area (Å²) in [6, 6.07) is 30.0. The minimum absolute atomic E-state index is 0.147. The van der Waals surface area contributed by atoms with Crippen molar-refractivity contribution in [1.82, 2.24) is 0 Å². The number of methoxy groups -OCH3 is 4. The van der Waals surface area contributed by atoms with Crippen LogP contribution in [0.5, 0.6) is 0 Å². The van der Waals surface area contributed by atoms with E-state index in [0.29, 0.717) is 32.8 Å². The molecule has 2 aliphatic heterocycles. The predicted octanol–water partition coefficient (Wildman–Crippen LogP) is 4.92. The zero-order valence-corrected chi connectivity index (χ0v) is 27.7. The lowest BCUT2D eigenvalue weighted by molar-refractivity contribution is -0.333. The topological polar surface area (TPSA) is 92.3 Å². The summed E-state index contributed by atoms with van der Waals surface area (Å²) < 4.78 is 61.9. The van der Waals surface area contributed by atoms with Gasteiger partial charge in [0, 0.05) is 34.9 Å². The molecule has 2 saturated heterocycles. The molecule has 2 aliphatic rings. The first-order chi connectivity index (χ1) is 23.1. The van der Waals surface area contributed by atoms with Gasteiger partial charge in [0.2, 0.25) is 0 Å². The van der Waals surface area contributed by atoms with Crippen molar-refractivity contribution in [2.24, 2.45) is 0 Å². The fraction of sp³-hybridized carbons (Fsp3) is 0.514. The van der Waals surface area contributed by atoms with E-state index >= 15 is 0 Å². The van der Waals surface area contributed by atoms with Crippen LogP contribution in [0.4, 0.5) is 0 Å². The molecule has 9 atom stereocenters. The summed E-state index contributed by atoms with van der Waals surface area (Å²) >= 11 is 0. The molecule has 0 unspecified atom stereocenters. The van der Waals surface area contributed by atoms with Gasteiger partial charge in [0.1, 0.15) is 36.6 Å². The van der Waals surface area contributed by atoms with Crippen LogP contribution in [0.3, 0.4) is 0 Å². The molecular weight excluding hydrogens is 604 g/mol. The largest absolute Gasteiger partial charge is 0.382 e. The van der Waals surface area contributed by atoms with E-state index in [0.717, 1.165) is 16.7 Å². The van der Waals surface area contributed by atoms with Crippen LogP contribution in [0.25, 0.3) is 0 Å². The predicted molar refractivity (Wildman–Crippen MR) is 173 cm³/mol. The van der Waals surface area contributed by atoms with E-state index < -0.39 is 37.0 Å². The first-order valence-corrected chi connectivity index (χ1v) is 16.1. The highest BCUT2D eigenvalue weighted by Gasteiger charge is 2.49. The van der Waals surface area contributed by atoms with Crippen molar-refractivity contribution in [2.45, 2.75) is 81.5 Å². The van der Waals surface area contributed by atoms with E-state index in [4.69, 9.17) is 47.4 Å². The summed E-state index contributed by atoms with van der Waals surface area (Å²) in [6.45, 7) is 1.53. The van der Waals surface area contributed by atoms with Crippen LogP contribution < -0.4 is 0 Å². The Kier molecular flexibility index (Phi) is 14.2. The van der Waals surface area contributed by atoms with E-state index in [-0.39, 0.29) is 24.9 Å². The third-order valence-electron chi connectivity index (χ3n) is 8.52. The second-order valence-corrected chi connectivity index (χ2v) is 11.7. The van der Waals surface area contributed by atoms with Crippen molar-refractivity contribution in [2.75, 3.05) is 41.7 Å². The lowest BCUT2D eigenvalue weighted by Gasteiger charge is -2.46. The van der Waals surface area contributed by atoms with Crippen molar-refractivity contribution in [3.63, 3.8) is 0 Å². The van der Waals surface area contributed by atoms with Crippen molar-refractivity contribution in [3.05, 3.63) is 108 Å². The van der Waals surface area contributed by atoms with Gasteiger partial charge in [-0.25, -0.2) is 0 Å². The van der Waals surface area contributed by atoms with E-state index in [1.54, 1.807) is 28.4 Å². The first-order valence-electron chi connectivity index (χ1n) is 16.1. The van der Waals surface area contributed by atoms with Gasteiger partial charge in [0.15, 0.2) is 12.6 Å². The summed E-state index contributed by atoms with van der Waals surface area (Å²) in [4.78, 5) is 0. The Labute approximate surface area is 278 Å².